The molecule has 0 aliphatic heterocycles. The number of rotatable bonds is 4. The van der Waals surface area contributed by atoms with E-state index in [0.29, 0.717) is 17.0 Å². The Bertz CT molecular complexity index is 808. The number of hydrogen-bond donors (Lipinski definition) is 1. The van der Waals surface area contributed by atoms with Crippen LogP contribution < -0.4 is 10.5 Å². The predicted molar refractivity (Wildman–Crippen MR) is 87.3 cm³/mol. The number of nitrogens with zero attached hydrogens (tertiary/aromatic N) is 2. The minimum Gasteiger partial charge on any atom is -0.484 e. The zero-order valence-electron chi connectivity index (χ0n) is 12.6. The van der Waals surface area contributed by atoms with Crippen LogP contribution in [0.1, 0.15) is 18.7 Å². The fourth-order valence-corrected chi connectivity index (χ4v) is 2.30. The highest BCUT2D eigenvalue weighted by molar-refractivity contribution is 5.64. The van der Waals surface area contributed by atoms with E-state index in [1.54, 1.807) is 24.4 Å². The molecule has 0 radical (unpaired) electrons. The van der Waals surface area contributed by atoms with Gasteiger partial charge in [0.2, 0.25) is 5.95 Å². The summed E-state index contributed by atoms with van der Waals surface area (Å²) in [5, 5.41) is 0. The minimum absolute atomic E-state index is 0.184. The van der Waals surface area contributed by atoms with Gasteiger partial charge < -0.3 is 10.5 Å². The smallest absolute Gasteiger partial charge is 0.220 e. The molecule has 4 nitrogen and oxygen atoms in total. The largest absolute Gasteiger partial charge is 0.484 e. The van der Waals surface area contributed by atoms with Gasteiger partial charge >= 0.3 is 0 Å². The second-order valence-electron chi connectivity index (χ2n) is 5.11. The zero-order valence-corrected chi connectivity index (χ0v) is 12.6. The van der Waals surface area contributed by atoms with Crippen LogP contribution in [0.4, 0.5) is 10.3 Å². The van der Waals surface area contributed by atoms with Crippen molar-refractivity contribution in [1.82, 2.24) is 9.97 Å². The van der Waals surface area contributed by atoms with Crippen LogP contribution >= 0.6 is 0 Å². The van der Waals surface area contributed by atoms with Crippen LogP contribution in [0, 0.1) is 5.82 Å². The van der Waals surface area contributed by atoms with Gasteiger partial charge in [0.1, 0.15) is 17.7 Å². The summed E-state index contributed by atoms with van der Waals surface area (Å²) in [5.41, 5.74) is 7.57. The number of nitrogens with two attached hydrogens (primary N) is 1. The maximum Gasteiger partial charge on any atom is 0.220 e. The molecule has 0 aliphatic rings. The van der Waals surface area contributed by atoms with Gasteiger partial charge in [0.25, 0.3) is 0 Å². The van der Waals surface area contributed by atoms with Crippen molar-refractivity contribution in [2.75, 3.05) is 5.73 Å². The maximum atomic E-state index is 14.3. The lowest BCUT2D eigenvalue weighted by Crippen LogP contribution is -2.07. The third-order valence-corrected chi connectivity index (χ3v) is 3.45. The molecule has 1 atom stereocenters. The number of ether oxygens (including phenoxy) is 1. The average Bonchev–Trinajstić information content (AvgIpc) is 2.56. The summed E-state index contributed by atoms with van der Waals surface area (Å²) in [6, 6.07) is 15.9. The van der Waals surface area contributed by atoms with Crippen molar-refractivity contribution in [1.29, 1.82) is 0 Å². The first-order chi connectivity index (χ1) is 11.1. The van der Waals surface area contributed by atoms with Gasteiger partial charge in [-0.1, -0.05) is 30.3 Å². The molecule has 0 saturated heterocycles. The minimum atomic E-state index is -0.359. The quantitative estimate of drug-likeness (QED) is 0.791. The van der Waals surface area contributed by atoms with Gasteiger partial charge in [0.15, 0.2) is 0 Å². The number of anilines is 1. The second-order valence-corrected chi connectivity index (χ2v) is 5.11. The molecular formula is C18H16FN3O. The molecule has 3 rings (SSSR count). The summed E-state index contributed by atoms with van der Waals surface area (Å²) < 4.78 is 20.1. The van der Waals surface area contributed by atoms with E-state index in [1.165, 1.54) is 6.07 Å². The molecule has 1 unspecified atom stereocenters. The van der Waals surface area contributed by atoms with Crippen LogP contribution in [0.15, 0.2) is 60.8 Å². The Balaban J connectivity index is 1.81. The molecule has 0 fully saturated rings. The fourth-order valence-electron chi connectivity index (χ4n) is 2.30. The van der Waals surface area contributed by atoms with Crippen LogP contribution in [0.2, 0.25) is 0 Å². The highest BCUT2D eigenvalue weighted by Gasteiger charge is 2.12. The fraction of sp³-hybridized carbons (Fsp3) is 0.111. The van der Waals surface area contributed by atoms with Crippen molar-refractivity contribution < 1.29 is 9.13 Å². The maximum absolute atomic E-state index is 14.3. The van der Waals surface area contributed by atoms with Gasteiger partial charge in [0, 0.05) is 17.8 Å². The van der Waals surface area contributed by atoms with Crippen molar-refractivity contribution >= 4 is 5.95 Å². The summed E-state index contributed by atoms with van der Waals surface area (Å²) in [7, 11) is 0. The van der Waals surface area contributed by atoms with Crippen LogP contribution in [-0.2, 0) is 0 Å². The molecule has 0 spiro atoms. The molecule has 0 saturated carbocycles. The van der Waals surface area contributed by atoms with Crippen molar-refractivity contribution in [3.63, 3.8) is 0 Å². The van der Waals surface area contributed by atoms with Gasteiger partial charge in [-0.05, 0) is 30.7 Å². The van der Waals surface area contributed by atoms with Gasteiger partial charge in [0.05, 0.1) is 5.69 Å². The molecular weight excluding hydrogens is 293 g/mol. The standard InChI is InChI=1S/C18H16FN3O/c1-12(17-9-10-21-18(20)22-17)23-14-7-8-15(16(19)11-14)13-5-3-2-4-6-13/h2-12H,1H3,(H2,20,21,22). The molecule has 0 aliphatic carbocycles. The summed E-state index contributed by atoms with van der Waals surface area (Å²) in [6.45, 7) is 1.82. The highest BCUT2D eigenvalue weighted by atomic mass is 19.1. The molecule has 0 bridgehead atoms. The van der Waals surface area contributed by atoms with E-state index in [9.17, 15) is 4.39 Å². The molecule has 2 aromatic carbocycles. The molecule has 3 aromatic rings. The summed E-state index contributed by atoms with van der Waals surface area (Å²) in [4.78, 5) is 7.94. The number of nitrogen functional groups attached to an aromatic ring is 1. The lowest BCUT2D eigenvalue weighted by molar-refractivity contribution is 0.221. The van der Waals surface area contributed by atoms with Crippen molar-refractivity contribution in [3.8, 4) is 16.9 Å². The molecule has 116 valence electrons. The van der Waals surface area contributed by atoms with Crippen molar-refractivity contribution in [2.45, 2.75) is 13.0 Å². The number of aromatic nitrogens is 2. The third-order valence-electron chi connectivity index (χ3n) is 3.45. The molecule has 0 amide bonds. The van der Waals surface area contributed by atoms with E-state index in [-0.39, 0.29) is 17.9 Å². The number of benzene rings is 2. The highest BCUT2D eigenvalue weighted by Crippen LogP contribution is 2.28. The Labute approximate surface area is 133 Å². The van der Waals surface area contributed by atoms with Gasteiger partial charge in [-0.2, -0.15) is 0 Å². The molecule has 2 N–H and O–H groups in total. The predicted octanol–water partition coefficient (Wildman–Crippen LogP) is 4.00. The van der Waals surface area contributed by atoms with Crippen LogP contribution in [0.5, 0.6) is 5.75 Å². The lowest BCUT2D eigenvalue weighted by atomic mass is 10.1. The number of hydrogen-bond acceptors (Lipinski definition) is 4. The molecule has 1 aromatic heterocycles. The average molecular weight is 309 g/mol. The van der Waals surface area contributed by atoms with E-state index >= 15 is 0 Å². The molecule has 5 heteroatoms. The van der Waals surface area contributed by atoms with E-state index < -0.39 is 0 Å². The van der Waals surface area contributed by atoms with Crippen LogP contribution in [0.25, 0.3) is 11.1 Å². The summed E-state index contributed by atoms with van der Waals surface area (Å²) in [6.07, 6.45) is 1.21. The monoisotopic (exact) mass is 309 g/mol. The van der Waals surface area contributed by atoms with Crippen LogP contribution in [0.3, 0.4) is 0 Å². The van der Waals surface area contributed by atoms with Crippen LogP contribution in [-0.4, -0.2) is 9.97 Å². The Morgan fingerprint density at radius 2 is 1.87 bits per heavy atom. The van der Waals surface area contributed by atoms with Gasteiger partial charge in [-0.25, -0.2) is 14.4 Å². The Hall–Kier alpha value is -2.95. The SMILES string of the molecule is CC(Oc1ccc(-c2ccccc2)c(F)c1)c1ccnc(N)n1. The molecule has 1 heterocycles. The topological polar surface area (TPSA) is 61.0 Å². The zero-order chi connectivity index (χ0) is 16.2. The first kappa shape index (κ1) is 15.0. The number of halogens is 1. The lowest BCUT2D eigenvalue weighted by Gasteiger charge is -2.15. The Morgan fingerprint density at radius 1 is 1.09 bits per heavy atom. The van der Waals surface area contributed by atoms with E-state index in [4.69, 9.17) is 10.5 Å². The Morgan fingerprint density at radius 3 is 2.57 bits per heavy atom. The second kappa shape index (κ2) is 6.44. The van der Waals surface area contributed by atoms with Gasteiger partial charge in [-0.15, -0.1) is 0 Å². The molecule has 23 heavy (non-hydrogen) atoms. The third kappa shape index (κ3) is 3.45. The van der Waals surface area contributed by atoms with E-state index in [1.807, 2.05) is 37.3 Å². The summed E-state index contributed by atoms with van der Waals surface area (Å²) in [5.74, 6) is 0.290. The Kier molecular flexibility index (Phi) is 4.19. The normalized spacial score (nSPS) is 11.9. The summed E-state index contributed by atoms with van der Waals surface area (Å²) >= 11 is 0. The van der Waals surface area contributed by atoms with E-state index in [0.717, 1.165) is 5.56 Å². The first-order valence-electron chi connectivity index (χ1n) is 7.23. The first-order valence-corrected chi connectivity index (χ1v) is 7.23. The van der Waals surface area contributed by atoms with E-state index in [2.05, 4.69) is 9.97 Å². The van der Waals surface area contributed by atoms with Crippen molar-refractivity contribution in [2.24, 2.45) is 0 Å². The van der Waals surface area contributed by atoms with Crippen molar-refractivity contribution in [3.05, 3.63) is 72.3 Å². The van der Waals surface area contributed by atoms with Gasteiger partial charge in [-0.3, -0.25) is 0 Å².